The highest BCUT2D eigenvalue weighted by Crippen LogP contribution is 2.24. The highest BCUT2D eigenvalue weighted by Gasteiger charge is 2.29. The second-order valence-corrected chi connectivity index (χ2v) is 6.25. The lowest BCUT2D eigenvalue weighted by atomic mass is 10.1. The summed E-state index contributed by atoms with van der Waals surface area (Å²) in [5.74, 6) is -0.646. The number of hydrogen-bond donors (Lipinski definition) is 1. The summed E-state index contributed by atoms with van der Waals surface area (Å²) in [7, 11) is 0. The van der Waals surface area contributed by atoms with Crippen molar-refractivity contribution in [3.63, 3.8) is 0 Å². The molecule has 0 atom stereocenters. The zero-order chi connectivity index (χ0) is 16.9. The van der Waals surface area contributed by atoms with Crippen LogP contribution < -0.4 is 5.73 Å². The maximum atomic E-state index is 12.8. The Morgan fingerprint density at radius 3 is 2.58 bits per heavy atom. The van der Waals surface area contributed by atoms with E-state index in [0.717, 1.165) is 31.2 Å². The van der Waals surface area contributed by atoms with E-state index in [2.05, 4.69) is 5.10 Å². The molecule has 0 radical (unpaired) electrons. The molecule has 2 amide bonds. The molecular formula is C18H22N4O2. The van der Waals surface area contributed by atoms with Crippen molar-refractivity contribution in [2.24, 2.45) is 5.73 Å². The average molecular weight is 326 g/mol. The number of amides is 2. The van der Waals surface area contributed by atoms with Gasteiger partial charge in [0.15, 0.2) is 0 Å². The number of carbonyl (C=O) groups is 2. The van der Waals surface area contributed by atoms with Crippen molar-refractivity contribution in [1.82, 2.24) is 14.7 Å². The predicted molar refractivity (Wildman–Crippen MR) is 90.3 cm³/mol. The fourth-order valence-corrected chi connectivity index (χ4v) is 3.25. The number of hydrogen-bond acceptors (Lipinski definition) is 3. The molecule has 2 N–H and O–H groups in total. The Bertz CT molecular complexity index is 705. The number of benzene rings is 1. The second-order valence-electron chi connectivity index (χ2n) is 6.25. The van der Waals surface area contributed by atoms with Crippen LogP contribution in [0.5, 0.6) is 0 Å². The normalized spacial score (nSPS) is 14.7. The van der Waals surface area contributed by atoms with Gasteiger partial charge in [0.1, 0.15) is 0 Å². The molecule has 0 unspecified atom stereocenters. The molecular weight excluding hydrogens is 304 g/mol. The summed E-state index contributed by atoms with van der Waals surface area (Å²) < 4.78 is 1.74. The molecule has 1 aromatic heterocycles. The first kappa shape index (κ1) is 16.2. The van der Waals surface area contributed by atoms with E-state index in [1.54, 1.807) is 22.0 Å². The van der Waals surface area contributed by atoms with E-state index >= 15 is 0 Å². The fourth-order valence-electron chi connectivity index (χ4n) is 3.25. The largest absolute Gasteiger partial charge is 0.368 e. The minimum absolute atomic E-state index is 0.0344. The maximum absolute atomic E-state index is 12.8. The molecule has 6 heteroatoms. The van der Waals surface area contributed by atoms with Crippen molar-refractivity contribution in [2.75, 3.05) is 6.54 Å². The van der Waals surface area contributed by atoms with E-state index in [9.17, 15) is 9.59 Å². The number of primary amides is 1. The van der Waals surface area contributed by atoms with Crippen molar-refractivity contribution >= 4 is 11.8 Å². The molecule has 24 heavy (non-hydrogen) atoms. The minimum Gasteiger partial charge on any atom is -0.368 e. The van der Waals surface area contributed by atoms with Gasteiger partial charge in [0.05, 0.1) is 24.8 Å². The summed E-state index contributed by atoms with van der Waals surface area (Å²) in [6, 6.07) is 10.0. The molecule has 1 heterocycles. The molecule has 3 rings (SSSR count). The van der Waals surface area contributed by atoms with Gasteiger partial charge in [0, 0.05) is 12.2 Å². The Kier molecular flexibility index (Phi) is 4.93. The molecule has 1 aliphatic rings. The van der Waals surface area contributed by atoms with E-state index < -0.39 is 5.91 Å². The van der Waals surface area contributed by atoms with Gasteiger partial charge in [-0.1, -0.05) is 43.2 Å². The third-order valence-electron chi connectivity index (χ3n) is 4.42. The maximum Gasteiger partial charge on any atom is 0.257 e. The molecule has 1 saturated carbocycles. The minimum atomic E-state index is -0.480. The van der Waals surface area contributed by atoms with Gasteiger partial charge in [-0.3, -0.25) is 14.3 Å². The van der Waals surface area contributed by atoms with E-state index in [1.807, 2.05) is 30.3 Å². The monoisotopic (exact) mass is 326 g/mol. The van der Waals surface area contributed by atoms with Crippen molar-refractivity contribution in [2.45, 2.75) is 38.3 Å². The Labute approximate surface area is 141 Å². The lowest BCUT2D eigenvalue weighted by Gasteiger charge is -2.27. The molecule has 6 nitrogen and oxygen atoms in total. The first-order valence-electron chi connectivity index (χ1n) is 8.29. The van der Waals surface area contributed by atoms with E-state index in [0.29, 0.717) is 12.1 Å². The Morgan fingerprint density at radius 2 is 1.92 bits per heavy atom. The number of rotatable bonds is 6. The summed E-state index contributed by atoms with van der Waals surface area (Å²) in [5, 5.41) is 4.27. The number of carbonyl (C=O) groups excluding carboxylic acids is 2. The van der Waals surface area contributed by atoms with Gasteiger partial charge in [0.25, 0.3) is 5.91 Å². The third-order valence-corrected chi connectivity index (χ3v) is 4.42. The summed E-state index contributed by atoms with van der Waals surface area (Å²) in [6.07, 6.45) is 7.32. The number of nitrogens with two attached hydrogens (primary N) is 1. The zero-order valence-electron chi connectivity index (χ0n) is 13.6. The van der Waals surface area contributed by atoms with Crippen molar-refractivity contribution in [3.8, 4) is 0 Å². The summed E-state index contributed by atoms with van der Waals surface area (Å²) in [6.45, 7) is 0.570. The highest BCUT2D eigenvalue weighted by atomic mass is 16.2. The lowest BCUT2D eigenvalue weighted by Crippen LogP contribution is -2.44. The quantitative estimate of drug-likeness (QED) is 0.879. The molecule has 0 spiro atoms. The Morgan fingerprint density at radius 1 is 1.21 bits per heavy atom. The van der Waals surface area contributed by atoms with E-state index in [-0.39, 0.29) is 18.5 Å². The standard InChI is InChI=1S/C18H22N4O2/c19-17(23)13-22(16-8-4-5-9-16)18(24)15-10-20-21(12-15)11-14-6-2-1-3-7-14/h1-3,6-7,10,12,16H,4-5,8-9,11,13H2,(H2,19,23). The van der Waals surface area contributed by atoms with Gasteiger partial charge in [-0.25, -0.2) is 0 Å². The van der Waals surface area contributed by atoms with Gasteiger partial charge in [-0.15, -0.1) is 0 Å². The van der Waals surface area contributed by atoms with Crippen LogP contribution in [-0.4, -0.2) is 39.1 Å². The first-order valence-corrected chi connectivity index (χ1v) is 8.29. The lowest BCUT2D eigenvalue weighted by molar-refractivity contribution is -0.119. The van der Waals surface area contributed by atoms with Crippen LogP contribution in [0.15, 0.2) is 42.7 Å². The second kappa shape index (κ2) is 7.29. The van der Waals surface area contributed by atoms with Crippen LogP contribution in [0.1, 0.15) is 41.6 Å². The van der Waals surface area contributed by atoms with Crippen LogP contribution in [0.2, 0.25) is 0 Å². The van der Waals surface area contributed by atoms with E-state index in [4.69, 9.17) is 5.73 Å². The van der Waals surface area contributed by atoms with Crippen LogP contribution in [-0.2, 0) is 11.3 Å². The summed E-state index contributed by atoms with van der Waals surface area (Å²) in [4.78, 5) is 25.8. The van der Waals surface area contributed by atoms with Crippen LogP contribution in [0.25, 0.3) is 0 Å². The van der Waals surface area contributed by atoms with Crippen molar-refractivity contribution in [3.05, 3.63) is 53.9 Å². The number of aromatic nitrogens is 2. The smallest absolute Gasteiger partial charge is 0.257 e. The molecule has 0 bridgehead atoms. The van der Waals surface area contributed by atoms with Crippen LogP contribution in [0.3, 0.4) is 0 Å². The van der Waals surface area contributed by atoms with E-state index in [1.165, 1.54) is 0 Å². The van der Waals surface area contributed by atoms with Crippen LogP contribution in [0.4, 0.5) is 0 Å². The van der Waals surface area contributed by atoms with Gasteiger partial charge in [-0.2, -0.15) is 5.10 Å². The van der Waals surface area contributed by atoms with Gasteiger partial charge < -0.3 is 10.6 Å². The van der Waals surface area contributed by atoms with Crippen LogP contribution in [0, 0.1) is 0 Å². The van der Waals surface area contributed by atoms with Gasteiger partial charge in [0.2, 0.25) is 5.91 Å². The zero-order valence-corrected chi connectivity index (χ0v) is 13.6. The molecule has 0 aliphatic heterocycles. The molecule has 1 aliphatic carbocycles. The molecule has 2 aromatic rings. The SMILES string of the molecule is NC(=O)CN(C(=O)c1cnn(Cc2ccccc2)c1)C1CCCC1. The Hall–Kier alpha value is -2.63. The molecule has 126 valence electrons. The Balaban J connectivity index is 1.74. The average Bonchev–Trinajstić information content (AvgIpc) is 3.24. The molecule has 0 saturated heterocycles. The fraction of sp³-hybridized carbons (Fsp3) is 0.389. The third kappa shape index (κ3) is 3.82. The summed E-state index contributed by atoms with van der Waals surface area (Å²) >= 11 is 0. The first-order chi connectivity index (χ1) is 11.6. The molecule has 1 aromatic carbocycles. The summed E-state index contributed by atoms with van der Waals surface area (Å²) in [5.41, 5.74) is 6.94. The predicted octanol–water partition coefficient (Wildman–Crippen LogP) is 1.80. The topological polar surface area (TPSA) is 81.2 Å². The number of nitrogens with zero attached hydrogens (tertiary/aromatic N) is 3. The van der Waals surface area contributed by atoms with Crippen molar-refractivity contribution in [1.29, 1.82) is 0 Å². The highest BCUT2D eigenvalue weighted by molar-refractivity contribution is 5.96. The van der Waals surface area contributed by atoms with Gasteiger partial charge in [-0.05, 0) is 18.4 Å². The van der Waals surface area contributed by atoms with Gasteiger partial charge >= 0.3 is 0 Å². The van der Waals surface area contributed by atoms with Crippen LogP contribution >= 0.6 is 0 Å². The molecule has 1 fully saturated rings. The van der Waals surface area contributed by atoms with Crippen molar-refractivity contribution < 1.29 is 9.59 Å².